The molecule has 58 heavy (non-hydrogen) atoms. The fourth-order valence-corrected chi connectivity index (χ4v) is 25.8. The number of hydrogen-bond donors (Lipinski definition) is 0. The molecule has 291 valence electrons. The summed E-state index contributed by atoms with van der Waals surface area (Å²) in [5.41, 5.74) is 20.9. The van der Waals surface area contributed by atoms with Gasteiger partial charge in [-0.3, -0.25) is 0 Å². The third-order valence-electron chi connectivity index (χ3n) is 13.4. The van der Waals surface area contributed by atoms with Gasteiger partial charge in [-0.15, -0.1) is 0 Å². The summed E-state index contributed by atoms with van der Waals surface area (Å²) in [5.74, 6) is 0.897. The Morgan fingerprint density at radius 2 is 0.862 bits per heavy atom. The first-order valence-corrected chi connectivity index (χ1v) is 27.2. The van der Waals surface area contributed by atoms with Crippen LogP contribution in [0.5, 0.6) is 0 Å². The van der Waals surface area contributed by atoms with Crippen molar-refractivity contribution >= 4 is 35.3 Å². The van der Waals surface area contributed by atoms with Gasteiger partial charge in [0.1, 0.15) is 0 Å². The molecule has 0 bridgehead atoms. The second-order valence-electron chi connectivity index (χ2n) is 19.8. The summed E-state index contributed by atoms with van der Waals surface area (Å²) in [5, 5.41) is 3.36. The van der Waals surface area contributed by atoms with Crippen molar-refractivity contribution in [1.82, 2.24) is 0 Å². The first-order chi connectivity index (χ1) is 27.7. The fraction of sp³-hybridized carbons (Fsp3) is 0.286. The first kappa shape index (κ1) is 39.4. The van der Waals surface area contributed by atoms with Crippen LogP contribution in [0.4, 0.5) is 0 Å². The second-order valence-corrected chi connectivity index (χ2v) is 28.0. The molecule has 1 heterocycles. The normalized spacial score (nSPS) is 17.3. The first-order valence-electron chi connectivity index (χ1n) is 21.7. The predicted molar refractivity (Wildman–Crippen MR) is 252 cm³/mol. The molecule has 0 fully saturated rings. The Hall–Kier alpha value is -4.10. The maximum absolute atomic E-state index is 3.00. The molecule has 0 saturated heterocycles. The SMILES string of the molecule is CC(C)c1ccccc1-c1cccc2c1C=C(C(C)(C)C)[CH]2[Zr]([c]1cccc2c1[SiH2]c1ccccc1-2)[CH]1C(C(C)(C)C)=Cc2c(-c3ccccc3C(C)C)cccc21. The van der Waals surface area contributed by atoms with E-state index in [1.54, 1.807) is 35.9 Å². The molecule has 0 amide bonds. The van der Waals surface area contributed by atoms with Crippen molar-refractivity contribution in [1.29, 1.82) is 0 Å². The Bertz CT molecular complexity index is 2500. The van der Waals surface area contributed by atoms with Crippen molar-refractivity contribution in [3.05, 3.63) is 172 Å². The number of hydrogen-bond acceptors (Lipinski definition) is 0. The zero-order chi connectivity index (χ0) is 40.7. The average molecular weight is 851 g/mol. The van der Waals surface area contributed by atoms with Gasteiger partial charge in [0, 0.05) is 0 Å². The molecule has 1 aliphatic heterocycles. The minimum absolute atomic E-state index is 0.00771. The quantitative estimate of drug-likeness (QED) is 0.140. The van der Waals surface area contributed by atoms with Crippen molar-refractivity contribution in [2.75, 3.05) is 0 Å². The van der Waals surface area contributed by atoms with Gasteiger partial charge < -0.3 is 0 Å². The molecule has 0 N–H and O–H groups in total. The minimum atomic E-state index is -3.00. The third kappa shape index (κ3) is 6.58. The van der Waals surface area contributed by atoms with Crippen LogP contribution in [0.1, 0.15) is 122 Å². The molecule has 6 aromatic carbocycles. The van der Waals surface area contributed by atoms with E-state index in [1.165, 1.54) is 55.6 Å². The van der Waals surface area contributed by atoms with Crippen LogP contribution in [0.15, 0.2) is 139 Å². The molecule has 2 atom stereocenters. The van der Waals surface area contributed by atoms with E-state index in [-0.39, 0.29) is 10.8 Å². The molecule has 2 unspecified atom stereocenters. The third-order valence-corrected chi connectivity index (χ3v) is 25.2. The summed E-state index contributed by atoms with van der Waals surface area (Å²) in [4.78, 5) is 0. The summed E-state index contributed by atoms with van der Waals surface area (Å²) in [6, 6.07) is 49.9. The van der Waals surface area contributed by atoms with Crippen molar-refractivity contribution in [3.8, 4) is 33.4 Å². The van der Waals surface area contributed by atoms with Crippen LogP contribution < -0.4 is 13.6 Å². The van der Waals surface area contributed by atoms with E-state index >= 15 is 0 Å². The Morgan fingerprint density at radius 1 is 0.448 bits per heavy atom. The Kier molecular flexibility index (Phi) is 10.1. The summed E-state index contributed by atoms with van der Waals surface area (Å²) < 4.78 is 2.58. The van der Waals surface area contributed by atoms with Crippen LogP contribution in [0.2, 0.25) is 0 Å². The Balaban J connectivity index is 1.35. The van der Waals surface area contributed by atoms with E-state index < -0.39 is 31.3 Å². The average Bonchev–Trinajstić information content (AvgIpc) is 3.91. The van der Waals surface area contributed by atoms with Gasteiger partial charge in [0.15, 0.2) is 0 Å². The Labute approximate surface area is 359 Å². The molecule has 0 radical (unpaired) electrons. The van der Waals surface area contributed by atoms with E-state index in [1.807, 2.05) is 0 Å². The van der Waals surface area contributed by atoms with Crippen molar-refractivity contribution < 1.29 is 21.8 Å². The standard InChI is InChI=1S/2C22H25.C12H9Si.Zr/c2*1-15(2)18-10-6-7-11-19(18)20-12-8-9-16-13-17(14-21(16)20)22(3,4)5;1-3-7-11-9(5-1)10-6-2-4-8-12(10)13-11;/h2*6-15H,1-5H3;1-7H,13H2;. The van der Waals surface area contributed by atoms with Gasteiger partial charge in [0.2, 0.25) is 0 Å². The van der Waals surface area contributed by atoms with Crippen molar-refractivity contribution in [2.45, 2.75) is 88.3 Å². The molecule has 0 saturated carbocycles. The molecule has 9 rings (SSSR count). The topological polar surface area (TPSA) is 0 Å². The van der Waals surface area contributed by atoms with Crippen molar-refractivity contribution in [2.24, 2.45) is 10.8 Å². The Morgan fingerprint density at radius 3 is 1.34 bits per heavy atom. The predicted octanol–water partition coefficient (Wildman–Crippen LogP) is 13.0. The van der Waals surface area contributed by atoms with Gasteiger partial charge in [-0.1, -0.05) is 0 Å². The molecular weight excluding hydrogens is 792 g/mol. The number of allylic oxidation sites excluding steroid dienone is 2. The van der Waals surface area contributed by atoms with Crippen LogP contribution in [-0.2, 0) is 21.8 Å². The summed E-state index contributed by atoms with van der Waals surface area (Å²) in [7, 11) is -0.657. The van der Waals surface area contributed by atoms with Crippen LogP contribution in [0, 0.1) is 10.8 Å². The molecular formula is C56H59SiZr. The van der Waals surface area contributed by atoms with Gasteiger partial charge in [0.05, 0.1) is 0 Å². The van der Waals surface area contributed by atoms with E-state index in [2.05, 4.69) is 209 Å². The fourth-order valence-electron chi connectivity index (χ4n) is 10.6. The van der Waals surface area contributed by atoms with E-state index in [4.69, 9.17) is 0 Å². The zero-order valence-electron chi connectivity index (χ0n) is 36.3. The monoisotopic (exact) mass is 849 g/mol. The van der Waals surface area contributed by atoms with Crippen molar-refractivity contribution in [3.63, 3.8) is 0 Å². The molecule has 3 aliphatic rings. The molecule has 2 heteroatoms. The molecule has 0 aromatic heterocycles. The second kappa shape index (κ2) is 14.9. The van der Waals surface area contributed by atoms with Gasteiger partial charge in [0.25, 0.3) is 0 Å². The van der Waals surface area contributed by atoms with Gasteiger partial charge >= 0.3 is 362 Å². The number of rotatable bonds is 7. The van der Waals surface area contributed by atoms with Crippen LogP contribution in [0.25, 0.3) is 45.5 Å². The van der Waals surface area contributed by atoms with Gasteiger partial charge in [-0.25, -0.2) is 0 Å². The molecule has 6 aromatic rings. The molecule has 2 aliphatic carbocycles. The molecule has 0 spiro atoms. The summed E-state index contributed by atoms with van der Waals surface area (Å²) in [6.45, 7) is 24.3. The van der Waals surface area contributed by atoms with E-state index in [0.29, 0.717) is 19.1 Å². The van der Waals surface area contributed by atoms with Crippen LogP contribution in [-0.4, -0.2) is 9.52 Å². The van der Waals surface area contributed by atoms with Gasteiger partial charge in [-0.05, 0) is 0 Å². The van der Waals surface area contributed by atoms with Crippen LogP contribution in [0.3, 0.4) is 0 Å². The van der Waals surface area contributed by atoms with Crippen LogP contribution >= 0.6 is 0 Å². The maximum atomic E-state index is 2.69. The van der Waals surface area contributed by atoms with E-state index in [0.717, 1.165) is 0 Å². The number of fused-ring (bicyclic) bond motifs is 5. The molecule has 0 nitrogen and oxygen atoms in total. The zero-order valence-corrected chi connectivity index (χ0v) is 40.2. The summed E-state index contributed by atoms with van der Waals surface area (Å²) in [6.07, 6.45) is 5.38. The van der Waals surface area contributed by atoms with Gasteiger partial charge in [-0.2, -0.15) is 0 Å². The van der Waals surface area contributed by atoms with E-state index in [9.17, 15) is 0 Å². The number of benzene rings is 6. The summed E-state index contributed by atoms with van der Waals surface area (Å²) >= 11 is -3.00.